The molecule has 0 atom stereocenters. The standard InChI is InChI=1S/2C14H10O4/c2*15-12-6-4-9(5-7-12)13(16)10-2-1-3-11(8-10)14(17)18/h2*1-8,15H,(H,17,18). The number of carbonyl (C=O) groups excluding carboxylic acids is 2. The number of carbonyl (C=O) groups is 4. The third-order valence-corrected chi connectivity index (χ3v) is 5.00. The fourth-order valence-corrected chi connectivity index (χ4v) is 3.15. The number of phenolic OH excluding ortho intramolecular Hbond substituents is 2. The number of rotatable bonds is 6. The van der Waals surface area contributed by atoms with Crippen LogP contribution in [0.3, 0.4) is 0 Å². The van der Waals surface area contributed by atoms with Gasteiger partial charge in [0.25, 0.3) is 0 Å². The molecule has 0 bridgehead atoms. The van der Waals surface area contributed by atoms with Crippen molar-refractivity contribution in [2.45, 2.75) is 0 Å². The molecule has 0 amide bonds. The highest BCUT2D eigenvalue weighted by Gasteiger charge is 2.12. The molecule has 0 radical (unpaired) electrons. The Morgan fingerprint density at radius 3 is 1.03 bits per heavy atom. The van der Waals surface area contributed by atoms with Crippen molar-refractivity contribution in [3.05, 3.63) is 130 Å². The average Bonchev–Trinajstić information content (AvgIpc) is 2.89. The molecule has 0 aliphatic carbocycles. The second-order valence-electron chi connectivity index (χ2n) is 7.52. The van der Waals surface area contributed by atoms with Crippen LogP contribution in [0.5, 0.6) is 11.5 Å². The van der Waals surface area contributed by atoms with Crippen molar-refractivity contribution >= 4 is 23.5 Å². The number of aromatic carboxylic acids is 2. The molecule has 0 fully saturated rings. The van der Waals surface area contributed by atoms with Crippen LogP contribution in [-0.4, -0.2) is 43.9 Å². The summed E-state index contributed by atoms with van der Waals surface area (Å²) in [6, 6.07) is 23.3. The van der Waals surface area contributed by atoms with Crippen LogP contribution in [-0.2, 0) is 0 Å². The Kier molecular flexibility index (Phi) is 7.94. The molecule has 8 heteroatoms. The summed E-state index contributed by atoms with van der Waals surface area (Å²) in [6.07, 6.45) is 0. The normalized spacial score (nSPS) is 10.0. The van der Waals surface area contributed by atoms with Gasteiger partial charge < -0.3 is 20.4 Å². The molecule has 4 rings (SSSR count). The molecule has 0 unspecified atom stereocenters. The fourth-order valence-electron chi connectivity index (χ4n) is 3.15. The van der Waals surface area contributed by atoms with Crippen LogP contribution in [0.15, 0.2) is 97.1 Å². The molecule has 4 aromatic rings. The zero-order valence-electron chi connectivity index (χ0n) is 18.7. The summed E-state index contributed by atoms with van der Waals surface area (Å²) < 4.78 is 0. The SMILES string of the molecule is O=C(O)c1cccc(C(=O)c2ccc(O)cc2)c1.O=C(O)c1cccc(C(=O)c2ccc(O)cc2)c1. The summed E-state index contributed by atoms with van der Waals surface area (Å²) in [7, 11) is 0. The second-order valence-corrected chi connectivity index (χ2v) is 7.52. The van der Waals surface area contributed by atoms with E-state index < -0.39 is 11.9 Å². The molecular weight excluding hydrogens is 464 g/mol. The Morgan fingerprint density at radius 2 is 0.722 bits per heavy atom. The largest absolute Gasteiger partial charge is 0.508 e. The molecule has 4 aromatic carbocycles. The van der Waals surface area contributed by atoms with E-state index in [9.17, 15) is 19.2 Å². The molecule has 36 heavy (non-hydrogen) atoms. The number of carboxylic acids is 2. The van der Waals surface area contributed by atoms with Gasteiger partial charge in [0, 0.05) is 22.3 Å². The van der Waals surface area contributed by atoms with Crippen LogP contribution < -0.4 is 0 Å². The first-order valence-electron chi connectivity index (χ1n) is 10.5. The molecule has 0 saturated heterocycles. The maximum atomic E-state index is 12.1. The number of benzene rings is 4. The number of ketones is 2. The van der Waals surface area contributed by atoms with Crippen LogP contribution in [0.25, 0.3) is 0 Å². The average molecular weight is 484 g/mol. The maximum absolute atomic E-state index is 12.1. The molecule has 8 nitrogen and oxygen atoms in total. The van der Waals surface area contributed by atoms with E-state index in [0.29, 0.717) is 22.3 Å². The summed E-state index contributed by atoms with van der Waals surface area (Å²) >= 11 is 0. The predicted octanol–water partition coefficient (Wildman–Crippen LogP) is 4.64. The van der Waals surface area contributed by atoms with Crippen LogP contribution in [0.4, 0.5) is 0 Å². The number of hydrogen-bond acceptors (Lipinski definition) is 6. The van der Waals surface area contributed by atoms with Gasteiger partial charge >= 0.3 is 11.9 Å². The van der Waals surface area contributed by atoms with Crippen molar-refractivity contribution in [2.75, 3.05) is 0 Å². The molecule has 0 aromatic heterocycles. The lowest BCUT2D eigenvalue weighted by atomic mass is 10.0. The minimum atomic E-state index is -1.07. The highest BCUT2D eigenvalue weighted by Crippen LogP contribution is 2.16. The molecule has 4 N–H and O–H groups in total. The molecular formula is C28H20O8. The summed E-state index contributed by atoms with van der Waals surface area (Å²) in [6.45, 7) is 0. The Balaban J connectivity index is 0.000000201. The maximum Gasteiger partial charge on any atom is 0.335 e. The molecule has 0 saturated carbocycles. The van der Waals surface area contributed by atoms with E-state index in [0.717, 1.165) is 0 Å². The van der Waals surface area contributed by atoms with E-state index >= 15 is 0 Å². The Labute approximate surface area is 205 Å². The highest BCUT2D eigenvalue weighted by atomic mass is 16.4. The van der Waals surface area contributed by atoms with E-state index in [1.165, 1.54) is 84.9 Å². The van der Waals surface area contributed by atoms with Crippen LogP contribution in [0.2, 0.25) is 0 Å². The van der Waals surface area contributed by atoms with Crippen molar-refractivity contribution in [1.82, 2.24) is 0 Å². The van der Waals surface area contributed by atoms with Gasteiger partial charge in [-0.3, -0.25) is 9.59 Å². The van der Waals surface area contributed by atoms with Crippen LogP contribution >= 0.6 is 0 Å². The van der Waals surface area contributed by atoms with Crippen molar-refractivity contribution < 1.29 is 39.6 Å². The fraction of sp³-hybridized carbons (Fsp3) is 0. The summed E-state index contributed by atoms with van der Waals surface area (Å²) in [4.78, 5) is 45.7. The first kappa shape index (κ1) is 25.4. The lowest BCUT2D eigenvalue weighted by molar-refractivity contribution is 0.0686. The molecule has 0 heterocycles. The van der Waals surface area contributed by atoms with Gasteiger partial charge in [-0.25, -0.2) is 9.59 Å². The second kappa shape index (κ2) is 11.3. The van der Waals surface area contributed by atoms with Gasteiger partial charge in [0.15, 0.2) is 11.6 Å². The molecule has 0 aliphatic heterocycles. The molecule has 0 aliphatic rings. The topological polar surface area (TPSA) is 149 Å². The number of hydrogen-bond donors (Lipinski definition) is 4. The van der Waals surface area contributed by atoms with E-state index in [1.807, 2.05) is 0 Å². The van der Waals surface area contributed by atoms with Gasteiger partial charge in [-0.15, -0.1) is 0 Å². The lowest BCUT2D eigenvalue weighted by Crippen LogP contribution is -2.04. The van der Waals surface area contributed by atoms with Gasteiger partial charge in [0.2, 0.25) is 0 Å². The Hall–Kier alpha value is -5.24. The first-order valence-corrected chi connectivity index (χ1v) is 10.5. The van der Waals surface area contributed by atoms with E-state index in [2.05, 4.69) is 0 Å². The quantitative estimate of drug-likeness (QED) is 0.289. The monoisotopic (exact) mass is 484 g/mol. The van der Waals surface area contributed by atoms with E-state index in [-0.39, 0.29) is 34.2 Å². The van der Waals surface area contributed by atoms with Gasteiger partial charge in [-0.05, 0) is 72.8 Å². The van der Waals surface area contributed by atoms with E-state index in [1.54, 1.807) is 12.1 Å². The van der Waals surface area contributed by atoms with Crippen molar-refractivity contribution in [3.8, 4) is 11.5 Å². The molecule has 180 valence electrons. The summed E-state index contributed by atoms with van der Waals surface area (Å²) in [5, 5.41) is 36.0. The van der Waals surface area contributed by atoms with Crippen LogP contribution in [0.1, 0.15) is 52.6 Å². The van der Waals surface area contributed by atoms with Crippen molar-refractivity contribution in [2.24, 2.45) is 0 Å². The first-order chi connectivity index (χ1) is 17.2. The van der Waals surface area contributed by atoms with Gasteiger partial charge in [0.05, 0.1) is 11.1 Å². The number of aromatic hydroxyl groups is 2. The number of carboxylic acid groups (broad SMARTS) is 2. The van der Waals surface area contributed by atoms with Crippen molar-refractivity contribution in [3.63, 3.8) is 0 Å². The summed E-state index contributed by atoms with van der Waals surface area (Å²) in [5.74, 6) is -2.56. The number of phenols is 2. The van der Waals surface area contributed by atoms with Gasteiger partial charge in [-0.1, -0.05) is 24.3 Å². The minimum absolute atomic E-state index is 0.0691. The minimum Gasteiger partial charge on any atom is -0.508 e. The third kappa shape index (κ3) is 6.42. The van der Waals surface area contributed by atoms with Crippen LogP contribution in [0, 0.1) is 0 Å². The smallest absolute Gasteiger partial charge is 0.335 e. The Morgan fingerprint density at radius 1 is 0.417 bits per heavy atom. The zero-order chi connectivity index (χ0) is 26.2. The Bertz CT molecular complexity index is 1310. The summed E-state index contributed by atoms with van der Waals surface area (Å²) in [5.41, 5.74) is 1.55. The lowest BCUT2D eigenvalue weighted by Gasteiger charge is -2.02. The van der Waals surface area contributed by atoms with Crippen molar-refractivity contribution in [1.29, 1.82) is 0 Å². The zero-order valence-corrected chi connectivity index (χ0v) is 18.7. The highest BCUT2D eigenvalue weighted by molar-refractivity contribution is 6.10. The predicted molar refractivity (Wildman–Crippen MR) is 130 cm³/mol. The van der Waals surface area contributed by atoms with E-state index in [4.69, 9.17) is 20.4 Å². The third-order valence-electron chi connectivity index (χ3n) is 5.00. The van der Waals surface area contributed by atoms with Gasteiger partial charge in [0.1, 0.15) is 11.5 Å². The molecule has 0 spiro atoms. The van der Waals surface area contributed by atoms with Gasteiger partial charge in [-0.2, -0.15) is 0 Å².